The van der Waals surface area contributed by atoms with Crippen LogP contribution >= 0.6 is 0 Å². The minimum absolute atomic E-state index is 0.0215. The first-order valence-corrected chi connectivity index (χ1v) is 27.2. The molecular weight excluding hydrogens is 953 g/mol. The Bertz CT molecular complexity index is 1980. The van der Waals surface area contributed by atoms with Crippen LogP contribution in [0.25, 0.3) is 0 Å². The molecule has 0 unspecified atom stereocenters. The minimum atomic E-state index is -2.50. The molecule has 2 bridgehead atoms. The highest BCUT2D eigenvalue weighted by atomic mass is 16.6. The van der Waals surface area contributed by atoms with Crippen LogP contribution in [-0.2, 0) is 57.2 Å². The van der Waals surface area contributed by atoms with E-state index in [1.807, 2.05) is 51.2 Å². The second-order valence-corrected chi connectivity index (χ2v) is 21.6. The van der Waals surface area contributed by atoms with Crippen LogP contribution in [0.3, 0.4) is 0 Å². The average molecular weight is 1040 g/mol. The molecule has 3 aliphatic heterocycles. The van der Waals surface area contributed by atoms with Gasteiger partial charge in [0, 0.05) is 71.4 Å². The lowest BCUT2D eigenvalue weighted by atomic mass is 9.78. The molecule has 0 aromatic rings. The van der Waals surface area contributed by atoms with Crippen molar-refractivity contribution < 1.29 is 72.5 Å². The van der Waals surface area contributed by atoms with Gasteiger partial charge in [-0.2, -0.15) is 0 Å². The molecule has 15 atom stereocenters. The van der Waals surface area contributed by atoms with Gasteiger partial charge in [0.05, 0.1) is 37.6 Å². The summed E-state index contributed by atoms with van der Waals surface area (Å²) in [5.74, 6) is -8.43. The summed E-state index contributed by atoms with van der Waals surface area (Å²) in [5, 5.41) is 35.7. The van der Waals surface area contributed by atoms with Crippen molar-refractivity contribution in [1.29, 1.82) is 0 Å². The molecule has 0 aromatic carbocycles. The molecule has 418 valence electrons. The Morgan fingerprint density at radius 3 is 2.32 bits per heavy atom. The lowest BCUT2D eigenvalue weighted by Gasteiger charge is -2.43. The van der Waals surface area contributed by atoms with E-state index in [1.165, 1.54) is 12.0 Å². The minimum Gasteiger partial charge on any atom is -0.460 e. The van der Waals surface area contributed by atoms with Gasteiger partial charge in [0.2, 0.25) is 11.7 Å². The molecule has 17 heteroatoms. The highest BCUT2D eigenvalue weighted by Crippen LogP contribution is 2.38. The third-order valence-electron chi connectivity index (χ3n) is 15.7. The first-order chi connectivity index (χ1) is 35.2. The number of cyclic esters (lactones) is 1. The van der Waals surface area contributed by atoms with Crippen LogP contribution in [0.2, 0.25) is 0 Å². The molecule has 1 saturated carbocycles. The Balaban J connectivity index is 1.71. The van der Waals surface area contributed by atoms with Crippen molar-refractivity contribution >= 4 is 35.1 Å². The number of fused-ring (bicyclic) bond motifs is 3. The van der Waals surface area contributed by atoms with Gasteiger partial charge in [-0.3, -0.25) is 24.0 Å². The Labute approximate surface area is 440 Å². The Morgan fingerprint density at radius 2 is 1.64 bits per heavy atom. The standard InChI is InChI=1S/C57H90N2O15/c1-35-17-12-11-13-18-36(2)47(71-27-16-20-50(62)58-8)33-43-23-21-41(7)57(68,74-43)54(65)55(66)59-25-15-14-19-44(59)56(67)73-48(38(4)31-42-22-24-46(72-28-26-60)49(32-42)69-9)34-45(61)37(3)30-40(6)52(64)53(70-10)51(63)39(5)29-35/h11-13,17-18,30,35,37-39,41-44,46-49,52-53,60,64,68H,14-16,19-29,31-34H2,1-10H3,(H,58,62)/b13-11+,17-12+,36-18+,40-30+/t35-,37-,38-,39-,41-,42+,43+,44+,46-,47-,48+,49-,52-,53+,57-/m1/s1. The monoisotopic (exact) mass is 1040 g/mol. The molecule has 4 N–H and O–H groups in total. The summed E-state index contributed by atoms with van der Waals surface area (Å²) >= 11 is 0. The lowest BCUT2D eigenvalue weighted by Crippen LogP contribution is -2.61. The van der Waals surface area contributed by atoms with E-state index in [0.717, 1.165) is 12.0 Å². The predicted molar refractivity (Wildman–Crippen MR) is 278 cm³/mol. The molecule has 3 fully saturated rings. The van der Waals surface area contributed by atoms with Crippen molar-refractivity contribution in [2.45, 2.75) is 193 Å². The number of aliphatic hydroxyl groups excluding tert-OH is 2. The second kappa shape index (κ2) is 30.7. The first-order valence-electron chi connectivity index (χ1n) is 27.2. The fourth-order valence-corrected chi connectivity index (χ4v) is 11.0. The van der Waals surface area contributed by atoms with E-state index in [2.05, 4.69) is 5.32 Å². The number of methoxy groups -OCH3 is 2. The summed E-state index contributed by atoms with van der Waals surface area (Å²) < 4.78 is 36.2. The molecule has 1 aliphatic carbocycles. The van der Waals surface area contributed by atoms with Crippen LogP contribution in [0.4, 0.5) is 0 Å². The summed E-state index contributed by atoms with van der Waals surface area (Å²) in [6, 6.07) is -1.18. The van der Waals surface area contributed by atoms with Crippen molar-refractivity contribution in [3.63, 3.8) is 0 Å². The van der Waals surface area contributed by atoms with Gasteiger partial charge >= 0.3 is 5.97 Å². The van der Waals surface area contributed by atoms with Crippen molar-refractivity contribution in [1.82, 2.24) is 10.2 Å². The molecule has 0 aromatic heterocycles. The van der Waals surface area contributed by atoms with Gasteiger partial charge in [-0.25, -0.2) is 4.79 Å². The number of Topliss-reactive ketones (excluding diaryl/α,β-unsaturated/α-hetero) is 3. The van der Waals surface area contributed by atoms with E-state index in [9.17, 15) is 44.1 Å². The number of amides is 2. The maximum absolute atomic E-state index is 14.6. The smallest absolute Gasteiger partial charge is 0.329 e. The Hall–Kier alpha value is -3.94. The van der Waals surface area contributed by atoms with E-state index in [4.69, 9.17) is 28.4 Å². The van der Waals surface area contributed by atoms with E-state index in [-0.39, 0.29) is 99.5 Å². The van der Waals surface area contributed by atoms with Crippen molar-refractivity contribution in [3.8, 4) is 0 Å². The number of hydrogen-bond acceptors (Lipinski definition) is 15. The summed E-state index contributed by atoms with van der Waals surface area (Å²) in [5.41, 5.74) is 1.19. The van der Waals surface area contributed by atoms with Gasteiger partial charge in [-0.15, -0.1) is 0 Å². The zero-order valence-corrected chi connectivity index (χ0v) is 46.0. The third kappa shape index (κ3) is 17.8. The van der Waals surface area contributed by atoms with Crippen molar-refractivity contribution in [2.75, 3.05) is 47.6 Å². The van der Waals surface area contributed by atoms with Crippen LogP contribution < -0.4 is 5.32 Å². The first kappa shape index (κ1) is 62.6. The molecule has 74 heavy (non-hydrogen) atoms. The summed E-state index contributed by atoms with van der Waals surface area (Å²) in [4.78, 5) is 84.7. The number of carbonyl (C=O) groups is 6. The SMILES string of the molecule is CNC(=O)CCCO[C@@H]1C[C@@H]2CC[C@@H](C)[C@@](O)(O2)C(=O)C(=O)N2CCCC[C@H]2C(=O)O[C@H]([C@H](C)C[C@@H]2CC[C@@H](OCCO)[C@H](OC)C2)CC(=O)[C@H](C)/C=C(\C)[C@@H](O)[C@@H](OC)C(=O)[C@H](C)C[C@H](C)/C=C/C=C/C=C/1C. The van der Waals surface area contributed by atoms with E-state index >= 15 is 0 Å². The van der Waals surface area contributed by atoms with Gasteiger partial charge in [0.25, 0.3) is 11.7 Å². The molecule has 17 nitrogen and oxygen atoms in total. The van der Waals surface area contributed by atoms with Gasteiger partial charge in [0.15, 0.2) is 5.78 Å². The largest absolute Gasteiger partial charge is 0.460 e. The Kier molecular flexibility index (Phi) is 26.0. The van der Waals surface area contributed by atoms with Crippen LogP contribution in [0.15, 0.2) is 47.6 Å². The molecule has 2 saturated heterocycles. The van der Waals surface area contributed by atoms with Crippen molar-refractivity contribution in [2.24, 2.45) is 35.5 Å². The zero-order valence-electron chi connectivity index (χ0n) is 46.0. The van der Waals surface area contributed by atoms with E-state index in [0.29, 0.717) is 63.4 Å². The number of nitrogens with one attached hydrogen (secondary N) is 1. The van der Waals surface area contributed by atoms with Crippen LogP contribution in [-0.4, -0.2) is 158 Å². The molecule has 3 heterocycles. The molecule has 0 spiro atoms. The van der Waals surface area contributed by atoms with E-state index < -0.39 is 77.8 Å². The summed E-state index contributed by atoms with van der Waals surface area (Å²) in [6.45, 7) is 13.0. The maximum Gasteiger partial charge on any atom is 0.329 e. The average Bonchev–Trinajstić information content (AvgIpc) is 3.38. The lowest BCUT2D eigenvalue weighted by molar-refractivity contribution is -0.266. The number of ketones is 3. The number of piperidine rings is 1. The number of aliphatic hydroxyl groups is 3. The fourth-order valence-electron chi connectivity index (χ4n) is 11.0. The number of hydrogen-bond donors (Lipinski definition) is 4. The summed E-state index contributed by atoms with van der Waals surface area (Å²) in [6.07, 6.45) is 12.0. The zero-order chi connectivity index (χ0) is 54.7. The van der Waals surface area contributed by atoms with Crippen LogP contribution in [0.5, 0.6) is 0 Å². The number of allylic oxidation sites excluding steroid dienone is 6. The number of ether oxygens (including phenoxy) is 6. The normalized spacial score (nSPS) is 36.9. The van der Waals surface area contributed by atoms with Crippen LogP contribution in [0.1, 0.15) is 138 Å². The van der Waals surface area contributed by atoms with Gasteiger partial charge in [-0.1, -0.05) is 71.1 Å². The van der Waals surface area contributed by atoms with Crippen LogP contribution in [0, 0.1) is 35.5 Å². The predicted octanol–water partition coefficient (Wildman–Crippen LogP) is 6.09. The fraction of sp³-hybridized carbons (Fsp3) is 0.754. The van der Waals surface area contributed by atoms with Gasteiger partial charge in [-0.05, 0) is 113 Å². The second-order valence-electron chi connectivity index (χ2n) is 21.6. The third-order valence-corrected chi connectivity index (χ3v) is 15.7. The molecular formula is C57H90N2O15. The van der Waals surface area contributed by atoms with Crippen molar-refractivity contribution in [3.05, 3.63) is 47.6 Å². The highest BCUT2D eigenvalue weighted by molar-refractivity contribution is 6.39. The maximum atomic E-state index is 14.6. The highest BCUT2D eigenvalue weighted by Gasteiger charge is 2.53. The molecule has 4 aliphatic rings. The number of rotatable bonds is 13. The molecule has 0 radical (unpaired) electrons. The quantitative estimate of drug-likeness (QED) is 0.0707. The van der Waals surface area contributed by atoms with Gasteiger partial charge in [0.1, 0.15) is 30.1 Å². The van der Waals surface area contributed by atoms with Gasteiger partial charge < -0.3 is 54.0 Å². The molecule has 2 amide bonds. The molecule has 4 rings (SSSR count). The number of nitrogens with zero attached hydrogens (tertiary/aromatic N) is 1. The number of esters is 1. The topological polar surface area (TPSA) is 234 Å². The number of carbonyl (C=O) groups excluding carboxylic acids is 6. The van der Waals surface area contributed by atoms with E-state index in [1.54, 1.807) is 47.9 Å². The Morgan fingerprint density at radius 1 is 0.892 bits per heavy atom. The summed E-state index contributed by atoms with van der Waals surface area (Å²) in [7, 11) is 4.57.